The Morgan fingerprint density at radius 1 is 0.900 bits per heavy atom. The van der Waals surface area contributed by atoms with Crippen LogP contribution in [0.4, 0.5) is 11.4 Å². The van der Waals surface area contributed by atoms with Crippen molar-refractivity contribution in [2.45, 2.75) is 6.54 Å². The topological polar surface area (TPSA) is 68.3 Å². The summed E-state index contributed by atoms with van der Waals surface area (Å²) in [6.07, 6.45) is 0. The summed E-state index contributed by atoms with van der Waals surface area (Å²) < 4.78 is 12.9. The van der Waals surface area contributed by atoms with Crippen LogP contribution in [0.15, 0.2) is 83.0 Å². The molecule has 1 N–H and O–H groups in total. The molecule has 0 saturated heterocycles. The van der Waals surface area contributed by atoms with Gasteiger partial charge < -0.3 is 19.1 Å². The van der Waals surface area contributed by atoms with Crippen molar-refractivity contribution >= 4 is 33.9 Å². The second kappa shape index (κ2) is 8.88. The summed E-state index contributed by atoms with van der Waals surface area (Å²) in [6.45, 7) is 0.779. The summed E-state index contributed by atoms with van der Waals surface area (Å²) in [4.78, 5) is 0. The Hall–Kier alpha value is -3.51. The van der Waals surface area contributed by atoms with Gasteiger partial charge in [-0.05, 0) is 42.5 Å². The number of hydrogen-bond acceptors (Lipinski definition) is 5. The van der Waals surface area contributed by atoms with E-state index in [1.165, 1.54) is 0 Å². The number of para-hydroxylation sites is 3. The lowest BCUT2D eigenvalue weighted by Crippen LogP contribution is -2.08. The van der Waals surface area contributed by atoms with Crippen LogP contribution in [-0.4, -0.2) is 23.4 Å². The van der Waals surface area contributed by atoms with Crippen molar-refractivity contribution in [2.75, 3.05) is 13.7 Å². The van der Waals surface area contributed by atoms with Gasteiger partial charge in [-0.2, -0.15) is 5.11 Å². The van der Waals surface area contributed by atoms with E-state index in [9.17, 15) is 5.11 Å². The number of azo groups is 1. The lowest BCUT2D eigenvalue weighted by molar-refractivity contribution is 0.274. The third kappa shape index (κ3) is 4.09. The van der Waals surface area contributed by atoms with E-state index in [1.807, 2.05) is 48.5 Å². The summed E-state index contributed by atoms with van der Waals surface area (Å²) in [6, 6.07) is 22.1. The Bertz CT molecular complexity index is 1190. The molecule has 7 heteroatoms. The maximum absolute atomic E-state index is 10.8. The van der Waals surface area contributed by atoms with Gasteiger partial charge in [-0.1, -0.05) is 41.9 Å². The Balaban J connectivity index is 1.59. The second-order valence-corrected chi connectivity index (χ2v) is 6.95. The van der Waals surface area contributed by atoms with Crippen LogP contribution in [0, 0.1) is 0 Å². The van der Waals surface area contributed by atoms with Crippen molar-refractivity contribution in [3.8, 4) is 17.4 Å². The van der Waals surface area contributed by atoms with Crippen LogP contribution < -0.4 is 9.47 Å². The highest BCUT2D eigenvalue weighted by molar-refractivity contribution is 6.30. The minimum Gasteiger partial charge on any atom is -0.493 e. The molecule has 0 unspecified atom stereocenters. The largest absolute Gasteiger partial charge is 0.493 e. The molecule has 0 aliphatic rings. The highest BCUT2D eigenvalue weighted by Crippen LogP contribution is 2.39. The Morgan fingerprint density at radius 3 is 2.37 bits per heavy atom. The van der Waals surface area contributed by atoms with Gasteiger partial charge in [0.2, 0.25) is 5.88 Å². The molecule has 0 bridgehead atoms. The van der Waals surface area contributed by atoms with E-state index in [-0.39, 0.29) is 5.88 Å². The summed E-state index contributed by atoms with van der Waals surface area (Å²) in [5.74, 6) is 1.35. The molecule has 30 heavy (non-hydrogen) atoms. The number of halogens is 1. The van der Waals surface area contributed by atoms with E-state index in [0.29, 0.717) is 41.0 Å². The van der Waals surface area contributed by atoms with E-state index in [2.05, 4.69) is 10.2 Å². The molecule has 0 radical (unpaired) electrons. The number of methoxy groups -OCH3 is 1. The smallest absolute Gasteiger partial charge is 0.220 e. The lowest BCUT2D eigenvalue weighted by Gasteiger charge is -2.11. The standard InChI is InChI=1S/C23H20ClN3O3/c1-29-20-8-4-5-9-21(20)30-15-14-27-19-7-3-2-6-18(19)22(23(27)28)26-25-17-12-10-16(24)11-13-17/h2-13,28H,14-15H2,1H3. The monoisotopic (exact) mass is 421 g/mol. The van der Waals surface area contributed by atoms with E-state index in [0.717, 1.165) is 10.9 Å². The second-order valence-electron chi connectivity index (χ2n) is 6.52. The fourth-order valence-corrected chi connectivity index (χ4v) is 3.32. The van der Waals surface area contributed by atoms with Crippen LogP contribution in [0.25, 0.3) is 10.9 Å². The fourth-order valence-electron chi connectivity index (χ4n) is 3.20. The van der Waals surface area contributed by atoms with Crippen LogP contribution >= 0.6 is 11.6 Å². The maximum atomic E-state index is 10.8. The molecule has 6 nitrogen and oxygen atoms in total. The van der Waals surface area contributed by atoms with Gasteiger partial charge in [-0.15, -0.1) is 5.11 Å². The molecule has 0 spiro atoms. The highest BCUT2D eigenvalue weighted by atomic mass is 35.5. The van der Waals surface area contributed by atoms with Gasteiger partial charge in [-0.3, -0.25) is 0 Å². The molecule has 1 heterocycles. The van der Waals surface area contributed by atoms with Crippen molar-refractivity contribution in [1.82, 2.24) is 4.57 Å². The summed E-state index contributed by atoms with van der Waals surface area (Å²) in [5, 5.41) is 20.8. The van der Waals surface area contributed by atoms with Crippen molar-refractivity contribution in [2.24, 2.45) is 10.2 Å². The molecule has 0 saturated carbocycles. The summed E-state index contributed by atoms with van der Waals surface area (Å²) in [7, 11) is 1.60. The number of rotatable bonds is 7. The molecule has 1 aromatic heterocycles. The Morgan fingerprint density at radius 2 is 1.60 bits per heavy atom. The molecule has 0 atom stereocenters. The van der Waals surface area contributed by atoms with Crippen LogP contribution in [0.1, 0.15) is 0 Å². The Kier molecular flexibility index (Phi) is 5.86. The molecule has 0 fully saturated rings. The molecular formula is C23H20ClN3O3. The molecular weight excluding hydrogens is 402 g/mol. The minimum absolute atomic E-state index is 0.0394. The number of nitrogens with zero attached hydrogens (tertiary/aromatic N) is 3. The zero-order chi connectivity index (χ0) is 20.9. The first-order valence-electron chi connectivity index (χ1n) is 9.40. The predicted molar refractivity (Wildman–Crippen MR) is 118 cm³/mol. The number of ether oxygens (including phenoxy) is 2. The van der Waals surface area contributed by atoms with Gasteiger partial charge in [0.1, 0.15) is 6.61 Å². The van der Waals surface area contributed by atoms with Crippen molar-refractivity contribution < 1.29 is 14.6 Å². The van der Waals surface area contributed by atoms with Gasteiger partial charge in [0.15, 0.2) is 17.2 Å². The van der Waals surface area contributed by atoms with Gasteiger partial charge in [0.05, 0.1) is 24.9 Å². The highest BCUT2D eigenvalue weighted by Gasteiger charge is 2.16. The molecule has 0 aliphatic carbocycles. The van der Waals surface area contributed by atoms with Gasteiger partial charge in [0.25, 0.3) is 0 Å². The number of aromatic hydroxyl groups is 1. The first-order chi connectivity index (χ1) is 14.7. The number of aromatic nitrogens is 1. The molecule has 152 valence electrons. The van der Waals surface area contributed by atoms with E-state index < -0.39 is 0 Å². The molecule has 4 aromatic rings. The van der Waals surface area contributed by atoms with E-state index in [4.69, 9.17) is 21.1 Å². The van der Waals surface area contributed by atoms with Crippen LogP contribution in [0.2, 0.25) is 5.02 Å². The van der Waals surface area contributed by atoms with E-state index >= 15 is 0 Å². The zero-order valence-electron chi connectivity index (χ0n) is 16.3. The fraction of sp³-hybridized carbons (Fsp3) is 0.130. The van der Waals surface area contributed by atoms with Crippen LogP contribution in [-0.2, 0) is 6.54 Å². The number of fused-ring (bicyclic) bond motifs is 1. The number of benzene rings is 3. The summed E-state index contributed by atoms with van der Waals surface area (Å²) in [5.41, 5.74) is 1.91. The predicted octanol–water partition coefficient (Wildman–Crippen LogP) is 6.50. The zero-order valence-corrected chi connectivity index (χ0v) is 17.1. The minimum atomic E-state index is 0.0394. The van der Waals surface area contributed by atoms with Gasteiger partial charge >= 0.3 is 0 Å². The first kappa shape index (κ1) is 19.8. The van der Waals surface area contributed by atoms with Gasteiger partial charge in [0, 0.05) is 10.4 Å². The molecule has 3 aromatic carbocycles. The third-order valence-corrected chi connectivity index (χ3v) is 4.90. The molecule has 4 rings (SSSR count). The van der Waals surface area contributed by atoms with Crippen LogP contribution in [0.5, 0.6) is 17.4 Å². The number of hydrogen-bond donors (Lipinski definition) is 1. The van der Waals surface area contributed by atoms with Crippen LogP contribution in [0.3, 0.4) is 0 Å². The molecule has 0 aliphatic heterocycles. The quantitative estimate of drug-likeness (QED) is 0.346. The van der Waals surface area contributed by atoms with Crippen molar-refractivity contribution in [3.63, 3.8) is 0 Å². The van der Waals surface area contributed by atoms with E-state index in [1.54, 1.807) is 35.9 Å². The lowest BCUT2D eigenvalue weighted by atomic mass is 10.2. The maximum Gasteiger partial charge on any atom is 0.220 e. The van der Waals surface area contributed by atoms with Crippen molar-refractivity contribution in [1.29, 1.82) is 0 Å². The average Bonchev–Trinajstić information content (AvgIpc) is 3.05. The summed E-state index contributed by atoms with van der Waals surface area (Å²) >= 11 is 5.91. The first-order valence-corrected chi connectivity index (χ1v) is 9.78. The van der Waals surface area contributed by atoms with Gasteiger partial charge in [-0.25, -0.2) is 0 Å². The normalized spacial score (nSPS) is 11.3. The SMILES string of the molecule is COc1ccccc1OCCn1c(O)c(N=Nc2ccc(Cl)cc2)c2ccccc21. The van der Waals surface area contributed by atoms with Crippen molar-refractivity contribution in [3.05, 3.63) is 77.8 Å². The molecule has 0 amide bonds. The third-order valence-electron chi connectivity index (χ3n) is 4.65. The average molecular weight is 422 g/mol. The Labute approximate surface area is 179 Å².